The maximum atomic E-state index is 5.95. The third-order valence-corrected chi connectivity index (χ3v) is 5.92. The van der Waals surface area contributed by atoms with Crippen LogP contribution in [-0.2, 0) is 12.8 Å². The Balaban J connectivity index is 1.67. The fourth-order valence-corrected chi connectivity index (χ4v) is 4.82. The van der Waals surface area contributed by atoms with Crippen molar-refractivity contribution in [3.8, 4) is 5.75 Å². The topological polar surface area (TPSA) is 21.3 Å². The van der Waals surface area contributed by atoms with E-state index in [9.17, 15) is 0 Å². The van der Waals surface area contributed by atoms with Crippen molar-refractivity contribution in [3.63, 3.8) is 0 Å². The first kappa shape index (κ1) is 14.1. The Kier molecular flexibility index (Phi) is 3.74. The molecule has 2 aliphatic heterocycles. The molecule has 1 atom stereocenters. The van der Waals surface area contributed by atoms with Crippen LogP contribution in [0.15, 0.2) is 16.6 Å². The van der Waals surface area contributed by atoms with Crippen LogP contribution in [0.25, 0.3) is 0 Å². The molecular formula is C18H24BrNO. The van der Waals surface area contributed by atoms with E-state index in [-0.39, 0.29) is 0 Å². The standard InChI is InChI=1S/C18H24BrNO/c19-16-10-13-6-9-21-17(13)14(11-16)12-18(15-4-5-15)7-2-1-3-8-20-18/h10-11,15,20H,1-9,12H2. The fourth-order valence-electron chi connectivity index (χ4n) is 4.26. The molecule has 2 fully saturated rings. The smallest absolute Gasteiger partial charge is 0.125 e. The van der Waals surface area contributed by atoms with Crippen molar-refractivity contribution < 1.29 is 4.74 Å². The van der Waals surface area contributed by atoms with E-state index in [1.165, 1.54) is 66.4 Å². The second-order valence-corrected chi connectivity index (χ2v) is 7.91. The normalized spacial score (nSPS) is 28.8. The van der Waals surface area contributed by atoms with Crippen LogP contribution >= 0.6 is 15.9 Å². The third kappa shape index (κ3) is 2.75. The molecule has 0 aromatic heterocycles. The van der Waals surface area contributed by atoms with Gasteiger partial charge in [0, 0.05) is 16.4 Å². The second kappa shape index (κ2) is 5.58. The van der Waals surface area contributed by atoms with E-state index >= 15 is 0 Å². The average molecular weight is 350 g/mol. The summed E-state index contributed by atoms with van der Waals surface area (Å²) in [6.45, 7) is 2.04. The molecule has 1 aromatic rings. The van der Waals surface area contributed by atoms with E-state index in [0.29, 0.717) is 5.54 Å². The van der Waals surface area contributed by atoms with Gasteiger partial charge in [0.05, 0.1) is 6.61 Å². The highest BCUT2D eigenvalue weighted by molar-refractivity contribution is 9.10. The zero-order valence-corrected chi connectivity index (χ0v) is 14.2. The third-order valence-electron chi connectivity index (χ3n) is 5.47. The highest BCUT2D eigenvalue weighted by Crippen LogP contribution is 2.47. The van der Waals surface area contributed by atoms with Crippen LogP contribution in [0.1, 0.15) is 49.7 Å². The largest absolute Gasteiger partial charge is 0.493 e. The molecule has 21 heavy (non-hydrogen) atoms. The van der Waals surface area contributed by atoms with E-state index in [1.807, 2.05) is 0 Å². The summed E-state index contributed by atoms with van der Waals surface area (Å²) in [6.07, 6.45) is 10.4. The average Bonchev–Trinajstić information content (AvgIpc) is 3.24. The molecule has 1 N–H and O–H groups in total. The van der Waals surface area contributed by atoms with E-state index in [4.69, 9.17) is 4.74 Å². The first-order chi connectivity index (χ1) is 10.3. The minimum Gasteiger partial charge on any atom is -0.493 e. The summed E-state index contributed by atoms with van der Waals surface area (Å²) in [5.41, 5.74) is 3.13. The van der Waals surface area contributed by atoms with Gasteiger partial charge in [-0.1, -0.05) is 28.8 Å². The fraction of sp³-hybridized carbons (Fsp3) is 0.667. The first-order valence-corrected chi connectivity index (χ1v) is 9.25. The Morgan fingerprint density at radius 1 is 1.24 bits per heavy atom. The molecule has 114 valence electrons. The Morgan fingerprint density at radius 3 is 3.00 bits per heavy atom. The maximum absolute atomic E-state index is 5.95. The number of halogens is 1. The summed E-state index contributed by atoms with van der Waals surface area (Å²) in [4.78, 5) is 0. The zero-order valence-electron chi connectivity index (χ0n) is 12.6. The molecule has 2 nitrogen and oxygen atoms in total. The molecule has 0 radical (unpaired) electrons. The van der Waals surface area contributed by atoms with Crippen molar-refractivity contribution in [2.24, 2.45) is 5.92 Å². The number of hydrogen-bond acceptors (Lipinski definition) is 2. The van der Waals surface area contributed by atoms with Gasteiger partial charge < -0.3 is 10.1 Å². The Hall–Kier alpha value is -0.540. The first-order valence-electron chi connectivity index (χ1n) is 8.46. The number of rotatable bonds is 3. The monoisotopic (exact) mass is 349 g/mol. The Labute approximate surface area is 135 Å². The minimum absolute atomic E-state index is 0.330. The van der Waals surface area contributed by atoms with Gasteiger partial charge in [-0.25, -0.2) is 0 Å². The number of fused-ring (bicyclic) bond motifs is 1. The Morgan fingerprint density at radius 2 is 2.14 bits per heavy atom. The summed E-state index contributed by atoms with van der Waals surface area (Å²) >= 11 is 3.69. The molecule has 4 rings (SSSR count). The van der Waals surface area contributed by atoms with Gasteiger partial charge in [-0.15, -0.1) is 0 Å². The number of ether oxygens (including phenoxy) is 1. The van der Waals surface area contributed by atoms with Crippen LogP contribution in [-0.4, -0.2) is 18.7 Å². The molecule has 1 unspecified atom stereocenters. The van der Waals surface area contributed by atoms with Crippen molar-refractivity contribution in [1.29, 1.82) is 0 Å². The van der Waals surface area contributed by atoms with E-state index in [0.717, 1.165) is 25.4 Å². The highest BCUT2D eigenvalue weighted by atomic mass is 79.9. The molecule has 0 amide bonds. The van der Waals surface area contributed by atoms with E-state index in [2.05, 4.69) is 33.4 Å². The lowest BCUT2D eigenvalue weighted by atomic mass is 9.81. The number of nitrogens with one attached hydrogen (secondary N) is 1. The van der Waals surface area contributed by atoms with Crippen LogP contribution in [0.3, 0.4) is 0 Å². The summed E-state index contributed by atoms with van der Waals surface area (Å²) in [5.74, 6) is 2.07. The van der Waals surface area contributed by atoms with Crippen LogP contribution in [0.5, 0.6) is 5.75 Å². The molecule has 2 heterocycles. The molecule has 3 aliphatic rings. The van der Waals surface area contributed by atoms with E-state index in [1.54, 1.807) is 0 Å². The summed E-state index contributed by atoms with van der Waals surface area (Å²) in [7, 11) is 0. The SMILES string of the molecule is Brc1cc2c(c(CC3(C4CC4)CCCCCN3)c1)OCC2. The van der Waals surface area contributed by atoms with Crippen molar-refractivity contribution in [2.45, 2.75) is 56.9 Å². The summed E-state index contributed by atoms with van der Waals surface area (Å²) in [5, 5.41) is 3.95. The van der Waals surface area contributed by atoms with Crippen molar-refractivity contribution in [2.75, 3.05) is 13.2 Å². The molecule has 1 saturated carbocycles. The van der Waals surface area contributed by atoms with Gasteiger partial charge in [0.15, 0.2) is 0 Å². The number of benzene rings is 1. The predicted octanol–water partition coefficient (Wildman–Crippen LogP) is 4.24. The van der Waals surface area contributed by atoms with Gasteiger partial charge in [-0.2, -0.15) is 0 Å². The van der Waals surface area contributed by atoms with Gasteiger partial charge in [0.1, 0.15) is 5.75 Å². The van der Waals surface area contributed by atoms with Gasteiger partial charge in [0.25, 0.3) is 0 Å². The van der Waals surface area contributed by atoms with Crippen LogP contribution in [0, 0.1) is 5.92 Å². The van der Waals surface area contributed by atoms with Gasteiger partial charge in [-0.05, 0) is 67.8 Å². The van der Waals surface area contributed by atoms with Gasteiger partial charge >= 0.3 is 0 Å². The quantitative estimate of drug-likeness (QED) is 0.881. The van der Waals surface area contributed by atoms with Crippen molar-refractivity contribution >= 4 is 15.9 Å². The summed E-state index contributed by atoms with van der Waals surface area (Å²) < 4.78 is 7.16. The highest BCUT2D eigenvalue weighted by Gasteiger charge is 2.45. The van der Waals surface area contributed by atoms with Gasteiger partial charge in [-0.3, -0.25) is 0 Å². The molecule has 0 spiro atoms. The minimum atomic E-state index is 0.330. The van der Waals surface area contributed by atoms with Crippen LogP contribution in [0.4, 0.5) is 0 Å². The number of hydrogen-bond donors (Lipinski definition) is 1. The predicted molar refractivity (Wildman–Crippen MR) is 89.0 cm³/mol. The molecule has 1 saturated heterocycles. The molecule has 1 aromatic carbocycles. The lowest BCUT2D eigenvalue weighted by Gasteiger charge is -2.35. The maximum Gasteiger partial charge on any atom is 0.125 e. The van der Waals surface area contributed by atoms with E-state index < -0.39 is 0 Å². The van der Waals surface area contributed by atoms with Crippen LogP contribution < -0.4 is 10.1 Å². The molecule has 3 heteroatoms. The lowest BCUT2D eigenvalue weighted by Crippen LogP contribution is -2.48. The second-order valence-electron chi connectivity index (χ2n) is 7.00. The van der Waals surface area contributed by atoms with Gasteiger partial charge in [0.2, 0.25) is 0 Å². The van der Waals surface area contributed by atoms with Crippen molar-refractivity contribution in [3.05, 3.63) is 27.7 Å². The molecule has 1 aliphatic carbocycles. The zero-order chi connectivity index (χ0) is 14.3. The Bertz CT molecular complexity index is 530. The van der Waals surface area contributed by atoms with Crippen LogP contribution in [0.2, 0.25) is 0 Å². The van der Waals surface area contributed by atoms with Crippen molar-refractivity contribution in [1.82, 2.24) is 5.32 Å². The molecule has 0 bridgehead atoms. The lowest BCUT2D eigenvalue weighted by molar-refractivity contribution is 0.266. The molecular weight excluding hydrogens is 326 g/mol. The summed E-state index contributed by atoms with van der Waals surface area (Å²) in [6, 6.07) is 4.52.